The first-order valence-corrected chi connectivity index (χ1v) is 17.4. The van der Waals surface area contributed by atoms with E-state index in [-0.39, 0.29) is 0 Å². The van der Waals surface area contributed by atoms with Crippen LogP contribution in [-0.2, 0) is 9.59 Å². The Morgan fingerprint density at radius 3 is 1.12 bits per heavy atom. The topological polar surface area (TPSA) is 98.7 Å². The van der Waals surface area contributed by atoms with E-state index in [9.17, 15) is 9.59 Å². The van der Waals surface area contributed by atoms with Crippen molar-refractivity contribution in [2.75, 3.05) is 13.1 Å². The van der Waals surface area contributed by atoms with Gasteiger partial charge in [-0.15, -0.1) is 0 Å². The van der Waals surface area contributed by atoms with E-state index in [1.165, 1.54) is 51.4 Å². The first kappa shape index (κ1) is 39.4. The van der Waals surface area contributed by atoms with E-state index in [2.05, 4.69) is 10.6 Å². The highest BCUT2D eigenvalue weighted by Gasteiger charge is 2.07. The Hall–Kier alpha value is -0.580. The second-order valence-electron chi connectivity index (χ2n) is 10.9. The fourth-order valence-corrected chi connectivity index (χ4v) is 5.61. The number of hydrogen-bond donors (Lipinski definition) is 6. The molecule has 0 bridgehead atoms. The average Bonchev–Trinajstić information content (AvgIpc) is 2.90. The summed E-state index contributed by atoms with van der Waals surface area (Å²) >= 11 is 20.4. The molecule has 0 radical (unpaired) electrons. The Kier molecular flexibility index (Phi) is 28.1. The molecule has 0 aromatic heterocycles. The van der Waals surface area contributed by atoms with E-state index >= 15 is 0 Å². The van der Waals surface area contributed by atoms with Crippen molar-refractivity contribution in [2.45, 2.75) is 152 Å². The number of aliphatic carboxylic acids is 2. The number of nitrogens with one attached hydrogen (secondary N) is 2. The Morgan fingerprint density at radius 2 is 0.800 bits per heavy atom. The lowest BCUT2D eigenvalue weighted by Crippen LogP contribution is -2.33. The molecule has 2 atom stereocenters. The first-order chi connectivity index (χ1) is 19.2. The summed E-state index contributed by atoms with van der Waals surface area (Å²) < 4.78 is 0. The van der Waals surface area contributed by atoms with Crippen LogP contribution in [0.25, 0.3) is 0 Å². The fourth-order valence-electron chi connectivity index (χ4n) is 4.54. The summed E-state index contributed by atoms with van der Waals surface area (Å²) in [6.45, 7) is 1.53. The summed E-state index contributed by atoms with van der Waals surface area (Å²) in [6.07, 6.45) is 22.1. The minimum absolute atomic E-state index is 0.294. The second kappa shape index (κ2) is 28.5. The van der Waals surface area contributed by atoms with Gasteiger partial charge in [0.25, 0.3) is 0 Å². The van der Waals surface area contributed by atoms with E-state index in [0.717, 1.165) is 100 Å². The van der Waals surface area contributed by atoms with Gasteiger partial charge < -0.3 is 20.8 Å². The van der Waals surface area contributed by atoms with Gasteiger partial charge in [-0.25, -0.2) is 0 Å². The minimum Gasteiger partial charge on any atom is -0.481 e. The van der Waals surface area contributed by atoms with Crippen molar-refractivity contribution in [1.29, 1.82) is 0 Å². The molecule has 0 saturated heterocycles. The number of thiol groups is 2. The van der Waals surface area contributed by atoms with Gasteiger partial charge in [-0.1, -0.05) is 101 Å². The van der Waals surface area contributed by atoms with Crippen molar-refractivity contribution >= 4 is 71.6 Å². The van der Waals surface area contributed by atoms with Gasteiger partial charge in [-0.2, -0.15) is 25.3 Å². The van der Waals surface area contributed by atoms with Crippen LogP contribution in [0, 0.1) is 0 Å². The summed E-state index contributed by atoms with van der Waals surface area (Å²) in [5, 5.41) is 24.7. The molecule has 0 amide bonds. The summed E-state index contributed by atoms with van der Waals surface area (Å²) in [4.78, 5) is 22.8. The molecule has 40 heavy (non-hydrogen) atoms. The zero-order valence-electron chi connectivity index (χ0n) is 24.5. The number of thiocarbonyl (C=S) groups is 2. The molecule has 234 valence electrons. The van der Waals surface area contributed by atoms with Gasteiger partial charge in [0, 0.05) is 36.4 Å². The van der Waals surface area contributed by atoms with E-state index in [1.54, 1.807) is 0 Å². The lowest BCUT2D eigenvalue weighted by atomic mass is 10.0. The standard InChI is InChI=1S/C30H56N2O4S4/c33-29(34)17-13-9-5-1-3-7-11-15-25(37)19-21-27(39)31-23-24-32-28(40)22-20-26(38)16-12-8-4-2-6-10-14-18-30(35)36/h25-26,37-38H,1-24H2,(H,31,39)(H,32,40)(H,33,34)(H,35,36). The monoisotopic (exact) mass is 636 g/mol. The largest absolute Gasteiger partial charge is 0.481 e. The van der Waals surface area contributed by atoms with Crippen molar-refractivity contribution < 1.29 is 19.8 Å². The predicted molar refractivity (Wildman–Crippen MR) is 184 cm³/mol. The van der Waals surface area contributed by atoms with Gasteiger partial charge in [0.05, 0.1) is 9.98 Å². The summed E-state index contributed by atoms with van der Waals surface area (Å²) in [5.74, 6) is -1.38. The van der Waals surface area contributed by atoms with E-state index in [4.69, 9.17) is 59.9 Å². The lowest BCUT2D eigenvalue weighted by Gasteiger charge is -2.14. The third kappa shape index (κ3) is 30.4. The maximum absolute atomic E-state index is 10.5. The summed E-state index contributed by atoms with van der Waals surface area (Å²) in [5.41, 5.74) is 0. The lowest BCUT2D eigenvalue weighted by molar-refractivity contribution is -0.138. The number of carbonyl (C=O) groups is 2. The molecule has 0 aliphatic heterocycles. The number of carboxylic acid groups (broad SMARTS) is 2. The van der Waals surface area contributed by atoms with E-state index < -0.39 is 11.9 Å². The summed E-state index contributed by atoms with van der Waals surface area (Å²) in [7, 11) is 0. The molecule has 0 heterocycles. The van der Waals surface area contributed by atoms with Gasteiger partial charge in [0.2, 0.25) is 0 Å². The van der Waals surface area contributed by atoms with E-state index in [1.807, 2.05) is 0 Å². The molecule has 0 rings (SSSR count). The van der Waals surface area contributed by atoms with Crippen LogP contribution in [-0.4, -0.2) is 55.7 Å². The average molecular weight is 637 g/mol. The van der Waals surface area contributed by atoms with Crippen LogP contribution in [0.2, 0.25) is 0 Å². The molecule has 0 fully saturated rings. The van der Waals surface area contributed by atoms with Crippen molar-refractivity contribution in [2.24, 2.45) is 0 Å². The third-order valence-electron chi connectivity index (χ3n) is 7.03. The van der Waals surface area contributed by atoms with Crippen LogP contribution < -0.4 is 10.6 Å². The van der Waals surface area contributed by atoms with Gasteiger partial charge in [0.1, 0.15) is 0 Å². The molecular formula is C30H56N2O4S4. The van der Waals surface area contributed by atoms with Crippen LogP contribution in [0.15, 0.2) is 0 Å². The molecule has 4 N–H and O–H groups in total. The molecule has 0 aromatic rings. The highest BCUT2D eigenvalue weighted by Crippen LogP contribution is 2.17. The molecule has 0 aliphatic rings. The molecule has 0 spiro atoms. The number of rotatable bonds is 29. The van der Waals surface area contributed by atoms with Gasteiger partial charge >= 0.3 is 11.9 Å². The van der Waals surface area contributed by atoms with Crippen LogP contribution >= 0.6 is 49.7 Å². The van der Waals surface area contributed by atoms with Crippen LogP contribution in [0.4, 0.5) is 0 Å². The smallest absolute Gasteiger partial charge is 0.303 e. The van der Waals surface area contributed by atoms with Crippen molar-refractivity contribution in [1.82, 2.24) is 10.6 Å². The van der Waals surface area contributed by atoms with Crippen molar-refractivity contribution in [3.05, 3.63) is 0 Å². The Bertz CT molecular complexity index is 626. The molecule has 0 aliphatic carbocycles. The molecule has 2 unspecified atom stereocenters. The Labute approximate surface area is 265 Å². The maximum Gasteiger partial charge on any atom is 0.303 e. The molecule has 10 heteroatoms. The fraction of sp³-hybridized carbons (Fsp3) is 0.867. The minimum atomic E-state index is -0.691. The Balaban J connectivity index is 3.53. The maximum atomic E-state index is 10.5. The SMILES string of the molecule is O=C(O)CCCCCCCCCC(S)CCC(=S)NCCNC(=S)CCC(S)CCCCCCCCCC(=O)O. The molecule has 0 saturated carbocycles. The van der Waals surface area contributed by atoms with Crippen LogP contribution in [0.5, 0.6) is 0 Å². The Morgan fingerprint density at radius 1 is 0.500 bits per heavy atom. The van der Waals surface area contributed by atoms with Crippen molar-refractivity contribution in [3.63, 3.8) is 0 Å². The van der Waals surface area contributed by atoms with Crippen molar-refractivity contribution in [3.8, 4) is 0 Å². The quantitative estimate of drug-likeness (QED) is 0.0278. The first-order valence-electron chi connectivity index (χ1n) is 15.5. The predicted octanol–water partition coefficient (Wildman–Crippen LogP) is 8.17. The highest BCUT2D eigenvalue weighted by atomic mass is 32.1. The van der Waals surface area contributed by atoms with E-state index in [0.29, 0.717) is 23.3 Å². The number of hydrogen-bond acceptors (Lipinski definition) is 6. The highest BCUT2D eigenvalue weighted by molar-refractivity contribution is 7.81. The normalized spacial score (nSPS) is 12.6. The zero-order valence-corrected chi connectivity index (χ0v) is 28.0. The van der Waals surface area contributed by atoms with Gasteiger partial charge in [-0.05, 0) is 51.4 Å². The number of unbranched alkanes of at least 4 members (excludes halogenated alkanes) is 12. The zero-order chi connectivity index (χ0) is 29.8. The molecule has 0 aromatic carbocycles. The second-order valence-corrected chi connectivity index (χ2v) is 13.3. The van der Waals surface area contributed by atoms with Gasteiger partial charge in [-0.3, -0.25) is 9.59 Å². The number of carboxylic acids is 2. The summed E-state index contributed by atoms with van der Waals surface area (Å²) in [6, 6.07) is 0. The van der Waals surface area contributed by atoms with Gasteiger partial charge in [0.15, 0.2) is 0 Å². The van der Waals surface area contributed by atoms with Crippen LogP contribution in [0.1, 0.15) is 141 Å². The molecule has 6 nitrogen and oxygen atoms in total. The molecular weight excluding hydrogens is 581 g/mol. The van der Waals surface area contributed by atoms with Crippen LogP contribution in [0.3, 0.4) is 0 Å². The third-order valence-corrected chi connectivity index (χ3v) is 8.76.